The molecule has 1 aliphatic carbocycles. The Morgan fingerprint density at radius 2 is 0.704 bits per heavy atom. The van der Waals surface area contributed by atoms with E-state index in [1.54, 1.807) is 11.1 Å². The number of fused-ring (bicyclic) bond motifs is 4. The van der Waals surface area contributed by atoms with Gasteiger partial charge in [-0.15, -0.1) is 0 Å². The average Bonchev–Trinajstić information content (AvgIpc) is 3.20. The second kappa shape index (κ2) is 18.8. The van der Waals surface area contributed by atoms with E-state index in [1.165, 1.54) is 80.3 Å². The quantitative estimate of drug-likeness (QED) is 0.0665. The van der Waals surface area contributed by atoms with E-state index >= 15 is 0 Å². The highest BCUT2D eigenvalue weighted by molar-refractivity contribution is 6.07. The molecule has 0 aromatic heterocycles. The third-order valence-corrected chi connectivity index (χ3v) is 12.6. The van der Waals surface area contributed by atoms with Gasteiger partial charge in [-0.25, -0.2) is 9.59 Å². The standard InChI is InChI=1S/C50H68O4/c1-11-19-23-35-41-27-39-33(17-7)31(15-5)32(16-6)34(18-8)40(39)28-42(41)36(24-20-12-2)44-30-46-38(26-22-14-4)48(50(52)54-10)47(49(51)53-9)37(25-21-13-3)45(46)29-43(35)44/h27-28H,11-26,29-30H2,1-10H3. The van der Waals surface area contributed by atoms with Crippen LogP contribution >= 0.6 is 0 Å². The van der Waals surface area contributed by atoms with Crippen molar-refractivity contribution >= 4 is 33.5 Å². The molecule has 0 radical (unpaired) electrons. The number of carbonyl (C=O) groups excluding carboxylic acids is 2. The number of hydrogen-bond donors (Lipinski definition) is 0. The van der Waals surface area contributed by atoms with E-state index in [0.717, 1.165) is 127 Å². The number of hydrogen-bond acceptors (Lipinski definition) is 4. The van der Waals surface area contributed by atoms with Gasteiger partial charge in [-0.2, -0.15) is 0 Å². The molecule has 54 heavy (non-hydrogen) atoms. The first-order valence-corrected chi connectivity index (χ1v) is 21.7. The number of carbonyl (C=O) groups is 2. The Hall–Kier alpha value is -3.66. The molecule has 4 heteroatoms. The van der Waals surface area contributed by atoms with E-state index in [-0.39, 0.29) is 0 Å². The minimum atomic E-state index is -0.426. The van der Waals surface area contributed by atoms with Crippen LogP contribution in [-0.4, -0.2) is 26.2 Å². The molecule has 0 saturated carbocycles. The maximum Gasteiger partial charge on any atom is 0.339 e. The predicted molar refractivity (Wildman–Crippen MR) is 228 cm³/mol. The SMILES string of the molecule is CCCCc1c2c(c(CCCC)c(C(=O)OC)c1C(=O)OC)Cc1c(c(CCCC)c3cc4c(CC)c(CC)c(CC)c(CC)c4cc3c1CCCC)C2. The van der Waals surface area contributed by atoms with Crippen LogP contribution in [0.5, 0.6) is 0 Å². The number of benzene rings is 4. The normalized spacial score (nSPS) is 12.3. The van der Waals surface area contributed by atoms with Crippen molar-refractivity contribution in [2.24, 2.45) is 0 Å². The third kappa shape index (κ3) is 7.48. The first-order valence-electron chi connectivity index (χ1n) is 21.7. The summed E-state index contributed by atoms with van der Waals surface area (Å²) < 4.78 is 11.0. The van der Waals surface area contributed by atoms with Gasteiger partial charge in [0.05, 0.1) is 25.3 Å². The molecule has 1 aliphatic rings. The summed E-state index contributed by atoms with van der Waals surface area (Å²) in [5, 5.41) is 5.78. The van der Waals surface area contributed by atoms with E-state index in [1.807, 2.05) is 0 Å². The molecule has 0 N–H and O–H groups in total. The van der Waals surface area contributed by atoms with Crippen LogP contribution in [0, 0.1) is 0 Å². The van der Waals surface area contributed by atoms with Crippen molar-refractivity contribution in [2.45, 2.75) is 171 Å². The number of methoxy groups -OCH3 is 2. The average molecular weight is 733 g/mol. The fourth-order valence-electron chi connectivity index (χ4n) is 10.0. The molecule has 0 atom stereocenters. The fraction of sp³-hybridized carbons (Fsp3) is 0.560. The van der Waals surface area contributed by atoms with Crippen molar-refractivity contribution in [1.82, 2.24) is 0 Å². The van der Waals surface area contributed by atoms with Crippen LogP contribution in [0.3, 0.4) is 0 Å². The molecule has 0 unspecified atom stereocenters. The van der Waals surface area contributed by atoms with Crippen molar-refractivity contribution in [2.75, 3.05) is 14.2 Å². The summed E-state index contributed by atoms with van der Waals surface area (Å²) in [7, 11) is 2.88. The van der Waals surface area contributed by atoms with Crippen LogP contribution in [-0.2, 0) is 73.7 Å². The Morgan fingerprint density at radius 3 is 0.981 bits per heavy atom. The summed E-state index contributed by atoms with van der Waals surface area (Å²) in [5.41, 5.74) is 17.6. The summed E-state index contributed by atoms with van der Waals surface area (Å²) in [6.07, 6.45) is 17.7. The van der Waals surface area contributed by atoms with Gasteiger partial charge in [0.25, 0.3) is 0 Å². The number of esters is 2. The van der Waals surface area contributed by atoms with Gasteiger partial charge in [0.15, 0.2) is 0 Å². The first-order chi connectivity index (χ1) is 26.2. The summed E-state index contributed by atoms with van der Waals surface area (Å²) in [4.78, 5) is 27.7. The lowest BCUT2D eigenvalue weighted by Gasteiger charge is -2.33. The van der Waals surface area contributed by atoms with Gasteiger partial charge >= 0.3 is 11.9 Å². The van der Waals surface area contributed by atoms with Gasteiger partial charge in [0.2, 0.25) is 0 Å². The zero-order valence-electron chi connectivity index (χ0n) is 35.5. The molecule has 0 amide bonds. The summed E-state index contributed by atoms with van der Waals surface area (Å²) >= 11 is 0. The van der Waals surface area contributed by atoms with Gasteiger partial charge < -0.3 is 9.47 Å². The van der Waals surface area contributed by atoms with Gasteiger partial charge in [0, 0.05) is 0 Å². The maximum absolute atomic E-state index is 13.9. The molecule has 292 valence electrons. The Labute approximate surface area is 326 Å². The van der Waals surface area contributed by atoms with Crippen molar-refractivity contribution in [3.05, 3.63) is 90.0 Å². The summed E-state index contributed by atoms with van der Waals surface area (Å²) in [5.74, 6) is -0.852. The number of aryl methyl sites for hydroxylation is 4. The highest BCUT2D eigenvalue weighted by Gasteiger charge is 2.35. The van der Waals surface area contributed by atoms with Crippen LogP contribution in [0.2, 0.25) is 0 Å². The van der Waals surface area contributed by atoms with Crippen LogP contribution in [0.25, 0.3) is 21.5 Å². The smallest absolute Gasteiger partial charge is 0.339 e. The van der Waals surface area contributed by atoms with E-state index in [0.29, 0.717) is 11.1 Å². The molecule has 4 aromatic rings. The van der Waals surface area contributed by atoms with Gasteiger partial charge in [-0.3, -0.25) is 0 Å². The molecule has 0 bridgehead atoms. The molecular formula is C50H68O4. The Balaban J connectivity index is 2.00. The Kier molecular flexibility index (Phi) is 14.4. The molecule has 0 spiro atoms. The lowest BCUT2D eigenvalue weighted by Crippen LogP contribution is -2.25. The lowest BCUT2D eigenvalue weighted by molar-refractivity contribution is 0.0552. The number of rotatable bonds is 18. The van der Waals surface area contributed by atoms with Crippen molar-refractivity contribution in [1.29, 1.82) is 0 Å². The Bertz CT molecular complexity index is 1870. The third-order valence-electron chi connectivity index (χ3n) is 12.6. The number of ether oxygens (including phenoxy) is 2. The van der Waals surface area contributed by atoms with E-state index in [4.69, 9.17) is 9.47 Å². The summed E-state index contributed by atoms with van der Waals surface area (Å²) in [6.45, 7) is 18.3. The minimum absolute atomic E-state index is 0.426. The second-order valence-corrected chi connectivity index (χ2v) is 15.6. The van der Waals surface area contributed by atoms with Crippen LogP contribution in [0.4, 0.5) is 0 Å². The van der Waals surface area contributed by atoms with E-state index in [9.17, 15) is 9.59 Å². The largest absolute Gasteiger partial charge is 0.465 e. The first kappa shape index (κ1) is 41.5. The minimum Gasteiger partial charge on any atom is -0.465 e. The lowest BCUT2D eigenvalue weighted by atomic mass is 9.71. The molecule has 0 aliphatic heterocycles. The molecule has 0 saturated heterocycles. The molecular weight excluding hydrogens is 665 g/mol. The monoisotopic (exact) mass is 733 g/mol. The molecule has 5 rings (SSSR count). The van der Waals surface area contributed by atoms with E-state index in [2.05, 4.69) is 67.5 Å². The van der Waals surface area contributed by atoms with Gasteiger partial charge in [0.1, 0.15) is 0 Å². The zero-order valence-corrected chi connectivity index (χ0v) is 35.5. The molecule has 0 heterocycles. The van der Waals surface area contributed by atoms with Crippen LogP contribution < -0.4 is 0 Å². The van der Waals surface area contributed by atoms with Crippen molar-refractivity contribution in [3.8, 4) is 0 Å². The fourth-order valence-corrected chi connectivity index (χ4v) is 10.0. The number of unbranched alkanes of at least 4 members (excludes halogenated alkanes) is 4. The second-order valence-electron chi connectivity index (χ2n) is 15.6. The van der Waals surface area contributed by atoms with Crippen LogP contribution in [0.15, 0.2) is 12.1 Å². The van der Waals surface area contributed by atoms with Gasteiger partial charge in [-0.1, -0.05) is 81.1 Å². The molecule has 4 nitrogen and oxygen atoms in total. The van der Waals surface area contributed by atoms with Crippen molar-refractivity contribution in [3.63, 3.8) is 0 Å². The maximum atomic E-state index is 13.9. The highest BCUT2D eigenvalue weighted by atomic mass is 16.5. The molecule has 4 aromatic carbocycles. The van der Waals surface area contributed by atoms with Crippen molar-refractivity contribution < 1.29 is 19.1 Å². The van der Waals surface area contributed by atoms with E-state index < -0.39 is 11.9 Å². The molecule has 0 fully saturated rings. The summed E-state index contributed by atoms with van der Waals surface area (Å²) in [6, 6.07) is 5.23. The predicted octanol–water partition coefficient (Wildman–Crippen LogP) is 12.7. The van der Waals surface area contributed by atoms with Crippen LogP contribution in [0.1, 0.15) is 194 Å². The van der Waals surface area contributed by atoms with Gasteiger partial charge in [-0.05, 0) is 190 Å². The highest BCUT2D eigenvalue weighted by Crippen LogP contribution is 2.46. The topological polar surface area (TPSA) is 52.6 Å². The zero-order chi connectivity index (χ0) is 39.1. The Morgan fingerprint density at radius 1 is 0.426 bits per heavy atom.